The zero-order valence-electron chi connectivity index (χ0n) is 13.2. The molecule has 2 heterocycles. The Kier molecular flexibility index (Phi) is 4.15. The van der Waals surface area contributed by atoms with Crippen LogP contribution in [0.15, 0.2) is 48.5 Å². The van der Waals surface area contributed by atoms with Crippen molar-refractivity contribution in [3.63, 3.8) is 0 Å². The summed E-state index contributed by atoms with van der Waals surface area (Å²) in [6.45, 7) is 5.34. The Morgan fingerprint density at radius 3 is 2.83 bits per heavy atom. The molecule has 2 aromatic rings. The summed E-state index contributed by atoms with van der Waals surface area (Å²) in [6.07, 6.45) is 1.16. The third-order valence-corrected chi connectivity index (χ3v) is 5.11. The van der Waals surface area contributed by atoms with Gasteiger partial charge in [0.25, 0.3) is 0 Å². The Labute approximate surface area is 142 Å². The normalized spacial score (nSPS) is 21.1. The van der Waals surface area contributed by atoms with E-state index >= 15 is 0 Å². The van der Waals surface area contributed by atoms with Gasteiger partial charge in [-0.2, -0.15) is 0 Å². The molecule has 23 heavy (non-hydrogen) atoms. The van der Waals surface area contributed by atoms with E-state index in [9.17, 15) is 0 Å². The average molecular weight is 328 g/mol. The molecule has 120 valence electrons. The van der Waals surface area contributed by atoms with Crippen LogP contribution in [0.25, 0.3) is 0 Å². The van der Waals surface area contributed by atoms with Gasteiger partial charge in [0, 0.05) is 43.8 Å². The first kappa shape index (κ1) is 14.9. The Morgan fingerprint density at radius 1 is 1.09 bits per heavy atom. The third kappa shape index (κ3) is 3.17. The second kappa shape index (κ2) is 6.42. The van der Waals surface area contributed by atoms with Crippen molar-refractivity contribution in [2.75, 3.05) is 36.4 Å². The van der Waals surface area contributed by atoms with Gasteiger partial charge in [0.1, 0.15) is 0 Å². The van der Waals surface area contributed by atoms with Crippen LogP contribution in [0.2, 0.25) is 5.02 Å². The number of halogens is 1. The summed E-state index contributed by atoms with van der Waals surface area (Å²) in [5, 5.41) is 4.37. The Morgan fingerprint density at radius 2 is 1.96 bits per heavy atom. The van der Waals surface area contributed by atoms with Crippen LogP contribution >= 0.6 is 11.6 Å². The molecular weight excluding hydrogens is 306 g/mol. The van der Waals surface area contributed by atoms with Gasteiger partial charge in [0.2, 0.25) is 0 Å². The highest BCUT2D eigenvalue weighted by Crippen LogP contribution is 2.35. The first-order chi connectivity index (χ1) is 11.3. The highest BCUT2D eigenvalue weighted by Gasteiger charge is 2.30. The van der Waals surface area contributed by atoms with Crippen LogP contribution in [-0.4, -0.2) is 37.1 Å². The standard InChI is InChI=1S/C19H22ClN3/c20-16-6-7-18-19(12-16)23-11-10-22(14-17(23)8-9-21-18)13-15-4-2-1-3-5-15/h1-7,12,17,21H,8-11,13-14H2. The summed E-state index contributed by atoms with van der Waals surface area (Å²) in [6, 6.07) is 17.5. The van der Waals surface area contributed by atoms with Crippen molar-refractivity contribution < 1.29 is 0 Å². The smallest absolute Gasteiger partial charge is 0.0620 e. The van der Waals surface area contributed by atoms with E-state index in [1.165, 1.54) is 16.9 Å². The molecule has 1 atom stereocenters. The van der Waals surface area contributed by atoms with E-state index < -0.39 is 0 Å². The molecule has 1 unspecified atom stereocenters. The fourth-order valence-corrected chi connectivity index (χ4v) is 3.90. The number of nitrogens with one attached hydrogen (secondary N) is 1. The predicted molar refractivity (Wildman–Crippen MR) is 97.4 cm³/mol. The molecule has 0 aromatic heterocycles. The summed E-state index contributed by atoms with van der Waals surface area (Å²) >= 11 is 6.23. The summed E-state index contributed by atoms with van der Waals surface area (Å²) < 4.78 is 0. The SMILES string of the molecule is Clc1ccc2c(c1)N1CCN(Cc3ccccc3)CC1CCN2. The summed E-state index contributed by atoms with van der Waals surface area (Å²) in [5.41, 5.74) is 3.88. The average Bonchev–Trinajstić information content (AvgIpc) is 2.74. The molecule has 0 spiro atoms. The first-order valence-electron chi connectivity index (χ1n) is 8.36. The fourth-order valence-electron chi connectivity index (χ4n) is 3.73. The minimum atomic E-state index is 0.555. The van der Waals surface area contributed by atoms with Gasteiger partial charge in [-0.25, -0.2) is 0 Å². The molecule has 1 fully saturated rings. The number of piperazine rings is 1. The molecule has 0 radical (unpaired) electrons. The monoisotopic (exact) mass is 327 g/mol. The third-order valence-electron chi connectivity index (χ3n) is 4.88. The lowest BCUT2D eigenvalue weighted by atomic mass is 10.1. The van der Waals surface area contributed by atoms with Crippen LogP contribution in [0, 0.1) is 0 Å². The molecule has 4 rings (SSSR count). The molecule has 0 amide bonds. The molecule has 2 aromatic carbocycles. The number of hydrogen-bond donors (Lipinski definition) is 1. The van der Waals surface area contributed by atoms with Crippen LogP contribution in [0.4, 0.5) is 11.4 Å². The summed E-state index contributed by atoms with van der Waals surface area (Å²) in [4.78, 5) is 5.12. The second-order valence-electron chi connectivity index (χ2n) is 6.44. The lowest BCUT2D eigenvalue weighted by molar-refractivity contribution is 0.212. The number of anilines is 2. The molecule has 0 saturated carbocycles. The van der Waals surface area contributed by atoms with E-state index in [0.29, 0.717) is 6.04 Å². The van der Waals surface area contributed by atoms with Gasteiger partial charge < -0.3 is 10.2 Å². The minimum Gasteiger partial charge on any atom is -0.383 e. The largest absolute Gasteiger partial charge is 0.383 e. The maximum Gasteiger partial charge on any atom is 0.0620 e. The Bertz CT molecular complexity index is 674. The molecule has 0 aliphatic carbocycles. The molecular formula is C19H22ClN3. The Hall–Kier alpha value is -1.71. The van der Waals surface area contributed by atoms with Crippen molar-refractivity contribution in [2.24, 2.45) is 0 Å². The fraction of sp³-hybridized carbons (Fsp3) is 0.368. The van der Waals surface area contributed by atoms with Gasteiger partial charge in [-0.05, 0) is 30.2 Å². The van der Waals surface area contributed by atoms with E-state index in [1.54, 1.807) is 0 Å². The highest BCUT2D eigenvalue weighted by molar-refractivity contribution is 6.31. The van der Waals surface area contributed by atoms with E-state index in [-0.39, 0.29) is 0 Å². The molecule has 3 nitrogen and oxygen atoms in total. The number of hydrogen-bond acceptors (Lipinski definition) is 3. The highest BCUT2D eigenvalue weighted by atomic mass is 35.5. The quantitative estimate of drug-likeness (QED) is 0.904. The molecule has 4 heteroatoms. The summed E-state index contributed by atoms with van der Waals surface area (Å²) in [7, 11) is 0. The van der Waals surface area contributed by atoms with Crippen LogP contribution in [0.3, 0.4) is 0 Å². The van der Waals surface area contributed by atoms with Crippen molar-refractivity contribution >= 4 is 23.0 Å². The van der Waals surface area contributed by atoms with Gasteiger partial charge in [0.15, 0.2) is 0 Å². The van der Waals surface area contributed by atoms with Crippen LogP contribution in [-0.2, 0) is 6.54 Å². The number of nitrogens with zero attached hydrogens (tertiary/aromatic N) is 2. The van der Waals surface area contributed by atoms with Crippen LogP contribution < -0.4 is 10.2 Å². The maximum atomic E-state index is 6.23. The van der Waals surface area contributed by atoms with Crippen molar-refractivity contribution in [1.82, 2.24) is 4.90 Å². The van der Waals surface area contributed by atoms with Gasteiger partial charge in [-0.1, -0.05) is 41.9 Å². The number of rotatable bonds is 2. The van der Waals surface area contributed by atoms with Crippen molar-refractivity contribution in [3.8, 4) is 0 Å². The van der Waals surface area contributed by atoms with E-state index in [0.717, 1.165) is 44.2 Å². The van der Waals surface area contributed by atoms with Crippen LogP contribution in [0.5, 0.6) is 0 Å². The summed E-state index contributed by atoms with van der Waals surface area (Å²) in [5.74, 6) is 0. The predicted octanol–water partition coefficient (Wildman–Crippen LogP) is 3.85. The van der Waals surface area contributed by atoms with Crippen molar-refractivity contribution in [2.45, 2.75) is 19.0 Å². The lowest BCUT2D eigenvalue weighted by Gasteiger charge is -2.42. The van der Waals surface area contributed by atoms with Gasteiger partial charge >= 0.3 is 0 Å². The molecule has 1 saturated heterocycles. The zero-order chi connectivity index (χ0) is 15.6. The Balaban J connectivity index is 1.52. The maximum absolute atomic E-state index is 6.23. The topological polar surface area (TPSA) is 18.5 Å². The van der Waals surface area contributed by atoms with Crippen molar-refractivity contribution in [1.29, 1.82) is 0 Å². The number of benzene rings is 2. The van der Waals surface area contributed by atoms with E-state index in [1.807, 2.05) is 6.07 Å². The van der Waals surface area contributed by atoms with Gasteiger partial charge in [-0.15, -0.1) is 0 Å². The molecule has 2 aliphatic rings. The second-order valence-corrected chi connectivity index (χ2v) is 6.88. The van der Waals surface area contributed by atoms with Crippen molar-refractivity contribution in [3.05, 3.63) is 59.1 Å². The van der Waals surface area contributed by atoms with Gasteiger partial charge in [-0.3, -0.25) is 4.90 Å². The number of fused-ring (bicyclic) bond motifs is 3. The van der Waals surface area contributed by atoms with E-state index in [2.05, 4.69) is 57.6 Å². The lowest BCUT2D eigenvalue weighted by Crippen LogP contribution is -2.52. The molecule has 1 N–H and O–H groups in total. The molecule has 2 aliphatic heterocycles. The van der Waals surface area contributed by atoms with Gasteiger partial charge in [0.05, 0.1) is 11.4 Å². The van der Waals surface area contributed by atoms with Crippen LogP contribution in [0.1, 0.15) is 12.0 Å². The zero-order valence-corrected chi connectivity index (χ0v) is 14.0. The van der Waals surface area contributed by atoms with E-state index in [4.69, 9.17) is 11.6 Å². The first-order valence-corrected chi connectivity index (χ1v) is 8.74. The molecule has 0 bridgehead atoms. The minimum absolute atomic E-state index is 0.555.